The molecule has 1 aliphatic carbocycles. The Labute approximate surface area is 121 Å². The van der Waals surface area contributed by atoms with E-state index in [9.17, 15) is 4.79 Å². The van der Waals surface area contributed by atoms with E-state index in [1.807, 2.05) is 12.5 Å². The van der Waals surface area contributed by atoms with Crippen LogP contribution in [0.1, 0.15) is 41.5 Å². The molecule has 1 aliphatic heterocycles. The van der Waals surface area contributed by atoms with E-state index in [0.29, 0.717) is 23.4 Å². The summed E-state index contributed by atoms with van der Waals surface area (Å²) in [6, 6.07) is 0. The summed E-state index contributed by atoms with van der Waals surface area (Å²) in [7, 11) is 0. The third-order valence-electron chi connectivity index (χ3n) is 3.38. The monoisotopic (exact) mass is 275 g/mol. The zero-order valence-electron chi connectivity index (χ0n) is 12.3. The summed E-state index contributed by atoms with van der Waals surface area (Å²) in [6.45, 7) is 5.94. The lowest BCUT2D eigenvalue weighted by Crippen LogP contribution is -2.32. The Kier molecular flexibility index (Phi) is 4.82. The number of hydrogen-bond donors (Lipinski definition) is 1. The molecule has 1 N–H and O–H groups in total. The van der Waals surface area contributed by atoms with Gasteiger partial charge >= 0.3 is 0 Å². The van der Waals surface area contributed by atoms with Gasteiger partial charge in [0.2, 0.25) is 0 Å². The highest BCUT2D eigenvalue weighted by Gasteiger charge is 2.31. The predicted octanol–water partition coefficient (Wildman–Crippen LogP) is 2.75. The Balaban J connectivity index is 0.00000220. The predicted molar refractivity (Wildman–Crippen MR) is 83.9 cm³/mol. The van der Waals surface area contributed by atoms with Gasteiger partial charge in [-0.1, -0.05) is 19.9 Å². The van der Waals surface area contributed by atoms with Gasteiger partial charge in [-0.2, -0.15) is 5.10 Å². The fraction of sp³-hybridized carbons (Fsp3) is 0.533. The van der Waals surface area contributed by atoms with E-state index in [1.54, 1.807) is 13.1 Å². The zero-order valence-corrected chi connectivity index (χ0v) is 12.3. The van der Waals surface area contributed by atoms with Crippen LogP contribution in [0.5, 0.6) is 0 Å². The Bertz CT molecular complexity index is 504. The average molecular weight is 275 g/mol. The molecule has 1 amide bonds. The Hall–Kier alpha value is -1.78. The number of carbonyl (C=O) groups is 1. The normalized spacial score (nSPS) is 20.9. The van der Waals surface area contributed by atoms with Crippen molar-refractivity contribution < 1.29 is 6.22 Å². The molecule has 109 valence electrons. The molecule has 0 saturated heterocycles. The van der Waals surface area contributed by atoms with Gasteiger partial charge in [0.15, 0.2) is 0 Å². The maximum atomic E-state index is 12.2. The molecule has 2 aliphatic rings. The first-order chi connectivity index (χ1) is 9.63. The standard InChI is InChI=1S/C15H21N4O.H2/c1-4-10(3)8-13(16-5-2)15(20)17-14-9-12(18-19-14)11-6-7-11;/h5,8-11H,4,6-7H2,1-3H3,(H,17,19,20);1H/b13-8-,16-5?;. The first-order valence-corrected chi connectivity index (χ1v) is 7.16. The summed E-state index contributed by atoms with van der Waals surface area (Å²) in [4.78, 5) is 16.3. The van der Waals surface area contributed by atoms with Gasteiger partial charge in [0.1, 0.15) is 11.5 Å². The van der Waals surface area contributed by atoms with Crippen molar-refractivity contribution in [1.29, 1.82) is 0 Å². The molecule has 1 atom stereocenters. The van der Waals surface area contributed by atoms with E-state index in [2.05, 4.69) is 34.4 Å². The minimum Gasteiger partial charge on any atom is -0.307 e. The van der Waals surface area contributed by atoms with Gasteiger partial charge in [-0.15, -0.1) is 5.10 Å². The van der Waals surface area contributed by atoms with Crippen LogP contribution in [0.15, 0.2) is 27.0 Å². The lowest BCUT2D eigenvalue weighted by molar-refractivity contribution is -0.116. The molecule has 0 aromatic rings. The first kappa shape index (κ1) is 14.6. The first-order valence-electron chi connectivity index (χ1n) is 7.16. The molecule has 5 heteroatoms. The van der Waals surface area contributed by atoms with Crippen molar-refractivity contribution in [2.24, 2.45) is 27.0 Å². The summed E-state index contributed by atoms with van der Waals surface area (Å²) in [5, 5.41) is 10.9. The molecule has 5 nitrogen and oxygen atoms in total. The highest BCUT2D eigenvalue weighted by molar-refractivity contribution is 6.22. The fourth-order valence-electron chi connectivity index (χ4n) is 1.83. The van der Waals surface area contributed by atoms with Crippen molar-refractivity contribution in [3.8, 4) is 0 Å². The van der Waals surface area contributed by atoms with E-state index in [4.69, 9.17) is 0 Å². The molecule has 20 heavy (non-hydrogen) atoms. The zero-order chi connectivity index (χ0) is 14.5. The fourth-order valence-corrected chi connectivity index (χ4v) is 1.83. The van der Waals surface area contributed by atoms with Crippen LogP contribution >= 0.6 is 0 Å². The molecule has 1 fully saturated rings. The average Bonchev–Trinajstić information content (AvgIpc) is 3.19. The van der Waals surface area contributed by atoms with Crippen LogP contribution in [-0.2, 0) is 4.79 Å². The Morgan fingerprint density at radius 1 is 1.60 bits per heavy atom. The lowest BCUT2D eigenvalue weighted by atomic mass is 10.1. The Morgan fingerprint density at radius 2 is 2.35 bits per heavy atom. The van der Waals surface area contributed by atoms with E-state index < -0.39 is 0 Å². The van der Waals surface area contributed by atoms with Crippen LogP contribution in [0.2, 0.25) is 0 Å². The quantitative estimate of drug-likeness (QED) is 0.608. The smallest absolute Gasteiger partial charge is 0.274 e. The molecule has 1 saturated carbocycles. The highest BCUT2D eigenvalue weighted by Crippen LogP contribution is 2.32. The van der Waals surface area contributed by atoms with Crippen molar-refractivity contribution in [2.75, 3.05) is 0 Å². The van der Waals surface area contributed by atoms with E-state index >= 15 is 0 Å². The number of nitrogens with zero attached hydrogens (tertiary/aromatic N) is 3. The summed E-state index contributed by atoms with van der Waals surface area (Å²) >= 11 is 0. The molecular weight excluding hydrogens is 252 g/mol. The largest absolute Gasteiger partial charge is 0.307 e. The van der Waals surface area contributed by atoms with Gasteiger partial charge < -0.3 is 5.32 Å². The second kappa shape index (κ2) is 6.59. The number of carbonyl (C=O) groups excluding carboxylic acids is 1. The van der Waals surface area contributed by atoms with Crippen molar-refractivity contribution in [1.82, 2.24) is 5.32 Å². The maximum Gasteiger partial charge on any atom is 0.274 e. The minimum atomic E-state index is -0.231. The topological polar surface area (TPSA) is 66.2 Å². The second-order valence-corrected chi connectivity index (χ2v) is 5.21. The number of allylic oxidation sites excluding steroid dienone is 1. The van der Waals surface area contributed by atoms with Crippen molar-refractivity contribution >= 4 is 23.7 Å². The summed E-state index contributed by atoms with van der Waals surface area (Å²) in [5.74, 6) is 1.13. The van der Waals surface area contributed by atoms with Gasteiger partial charge in [0, 0.05) is 7.64 Å². The van der Waals surface area contributed by atoms with Crippen LogP contribution in [-0.4, -0.2) is 23.7 Å². The third kappa shape index (κ3) is 3.85. The van der Waals surface area contributed by atoms with Crippen LogP contribution < -0.4 is 5.32 Å². The molecule has 1 unspecified atom stereocenters. The number of hydrogen-bond acceptors (Lipinski definition) is 4. The Morgan fingerprint density at radius 3 is 2.95 bits per heavy atom. The lowest BCUT2D eigenvalue weighted by Gasteiger charge is -2.07. The van der Waals surface area contributed by atoms with E-state index in [0.717, 1.165) is 12.1 Å². The van der Waals surface area contributed by atoms with Crippen molar-refractivity contribution in [2.45, 2.75) is 40.0 Å². The summed E-state index contributed by atoms with van der Waals surface area (Å²) in [6.07, 6.45) is 8.68. The molecule has 0 aromatic carbocycles. The van der Waals surface area contributed by atoms with Crippen LogP contribution in [0.4, 0.5) is 0 Å². The summed E-state index contributed by atoms with van der Waals surface area (Å²) < 4.78 is 0. The minimum absolute atomic E-state index is 0. The van der Waals surface area contributed by atoms with Crippen molar-refractivity contribution in [3.63, 3.8) is 0 Å². The van der Waals surface area contributed by atoms with Gasteiger partial charge in [-0.05, 0) is 38.0 Å². The molecular formula is C15H23N4O. The second-order valence-electron chi connectivity index (χ2n) is 5.21. The number of amidine groups is 1. The molecule has 0 spiro atoms. The molecule has 0 aromatic heterocycles. The van der Waals surface area contributed by atoms with Crippen LogP contribution in [0, 0.1) is 18.3 Å². The van der Waals surface area contributed by atoms with E-state index in [1.165, 1.54) is 12.8 Å². The highest BCUT2D eigenvalue weighted by atomic mass is 16.2. The maximum absolute atomic E-state index is 12.2. The summed E-state index contributed by atoms with van der Waals surface area (Å²) in [5.41, 5.74) is 1.41. The number of amides is 1. The van der Waals surface area contributed by atoms with Crippen molar-refractivity contribution in [3.05, 3.63) is 18.2 Å². The SMILES string of the molecule is CC=N/C(=C\C(C)CC)C(=O)NC1=NN=C(C2CC2)[CH]1.[HH]. The molecule has 2 rings (SSSR count). The van der Waals surface area contributed by atoms with Gasteiger partial charge in [0.05, 0.1) is 12.1 Å². The van der Waals surface area contributed by atoms with Crippen LogP contribution in [0.3, 0.4) is 0 Å². The number of nitrogens with one attached hydrogen (secondary N) is 1. The third-order valence-corrected chi connectivity index (χ3v) is 3.38. The molecule has 1 heterocycles. The van der Waals surface area contributed by atoms with E-state index in [-0.39, 0.29) is 7.33 Å². The van der Waals surface area contributed by atoms with Gasteiger partial charge in [-0.25, -0.2) is 0 Å². The van der Waals surface area contributed by atoms with Gasteiger partial charge in [-0.3, -0.25) is 9.79 Å². The molecule has 1 radical (unpaired) electrons. The number of rotatable bonds is 5. The van der Waals surface area contributed by atoms with Crippen LogP contribution in [0.25, 0.3) is 0 Å². The number of aliphatic imine (C=N–C) groups is 1. The van der Waals surface area contributed by atoms with Gasteiger partial charge in [0.25, 0.3) is 5.91 Å². The molecule has 0 bridgehead atoms.